The first-order valence-corrected chi connectivity index (χ1v) is 6.02. The molecule has 1 N–H and O–H groups in total. The van der Waals surface area contributed by atoms with Crippen molar-refractivity contribution >= 4 is 6.09 Å². The number of carbonyl (C=O) groups excluding carboxylic acids is 1. The Morgan fingerprint density at radius 3 is 2.47 bits per heavy atom. The van der Waals surface area contributed by atoms with Crippen molar-refractivity contribution in [2.75, 3.05) is 6.54 Å². The molecule has 0 bridgehead atoms. The van der Waals surface area contributed by atoms with E-state index in [2.05, 4.69) is 12.2 Å². The molecule has 1 aliphatic rings. The van der Waals surface area contributed by atoms with Gasteiger partial charge in [0.25, 0.3) is 0 Å². The maximum atomic E-state index is 11.2. The lowest BCUT2D eigenvalue weighted by molar-refractivity contribution is 0.113. The summed E-state index contributed by atoms with van der Waals surface area (Å²) in [5.41, 5.74) is 0. The molecule has 1 amide bonds. The molecular weight excluding hydrogens is 190 g/mol. The standard InChI is InChI=1S/C12H23NO2/c1-9(2)15-12(14)13-8-11-6-4-10(3)5-7-11/h9-11H,4-8H2,1-3H3,(H,13,14). The van der Waals surface area contributed by atoms with Crippen LogP contribution in [0.1, 0.15) is 46.5 Å². The summed E-state index contributed by atoms with van der Waals surface area (Å²) in [7, 11) is 0. The van der Waals surface area contributed by atoms with Crippen molar-refractivity contribution in [3.05, 3.63) is 0 Å². The van der Waals surface area contributed by atoms with Gasteiger partial charge >= 0.3 is 6.09 Å². The van der Waals surface area contributed by atoms with E-state index < -0.39 is 0 Å². The molecule has 1 saturated carbocycles. The summed E-state index contributed by atoms with van der Waals surface area (Å²) in [5.74, 6) is 1.52. The molecular formula is C12H23NO2. The largest absolute Gasteiger partial charge is 0.447 e. The van der Waals surface area contributed by atoms with E-state index in [9.17, 15) is 4.79 Å². The van der Waals surface area contributed by atoms with Crippen LogP contribution in [0, 0.1) is 11.8 Å². The number of ether oxygens (including phenoxy) is 1. The van der Waals surface area contributed by atoms with Gasteiger partial charge in [-0.15, -0.1) is 0 Å². The van der Waals surface area contributed by atoms with Gasteiger partial charge in [0.15, 0.2) is 0 Å². The Balaban J connectivity index is 2.12. The fourth-order valence-corrected chi connectivity index (χ4v) is 2.02. The predicted molar refractivity (Wildman–Crippen MR) is 60.7 cm³/mol. The van der Waals surface area contributed by atoms with Crippen LogP contribution in [0.5, 0.6) is 0 Å². The third-order valence-corrected chi connectivity index (χ3v) is 3.01. The van der Waals surface area contributed by atoms with Crippen molar-refractivity contribution in [2.45, 2.75) is 52.6 Å². The molecule has 0 heterocycles. The Morgan fingerprint density at radius 2 is 1.93 bits per heavy atom. The number of nitrogens with one attached hydrogen (secondary N) is 1. The molecule has 0 aliphatic heterocycles. The summed E-state index contributed by atoms with van der Waals surface area (Å²) in [6.45, 7) is 6.80. The van der Waals surface area contributed by atoms with Crippen molar-refractivity contribution in [3.63, 3.8) is 0 Å². The van der Waals surface area contributed by atoms with Crippen LogP contribution in [0.2, 0.25) is 0 Å². The molecule has 1 fully saturated rings. The van der Waals surface area contributed by atoms with E-state index >= 15 is 0 Å². The first-order chi connectivity index (χ1) is 7.08. The van der Waals surface area contributed by atoms with Gasteiger partial charge < -0.3 is 10.1 Å². The van der Waals surface area contributed by atoms with Crippen LogP contribution in [-0.2, 0) is 4.74 Å². The van der Waals surface area contributed by atoms with Gasteiger partial charge in [0.2, 0.25) is 0 Å². The van der Waals surface area contributed by atoms with Crippen molar-refractivity contribution < 1.29 is 9.53 Å². The van der Waals surface area contributed by atoms with E-state index in [1.54, 1.807) is 0 Å². The molecule has 0 unspecified atom stereocenters. The normalized spacial score (nSPS) is 26.4. The third-order valence-electron chi connectivity index (χ3n) is 3.01. The third kappa shape index (κ3) is 5.05. The second-order valence-electron chi connectivity index (χ2n) is 4.96. The van der Waals surface area contributed by atoms with Crippen LogP contribution in [0.25, 0.3) is 0 Å². The molecule has 88 valence electrons. The maximum Gasteiger partial charge on any atom is 0.407 e. The van der Waals surface area contributed by atoms with Gasteiger partial charge in [-0.3, -0.25) is 0 Å². The fraction of sp³-hybridized carbons (Fsp3) is 0.917. The number of rotatable bonds is 3. The molecule has 0 radical (unpaired) electrons. The Hall–Kier alpha value is -0.730. The minimum Gasteiger partial charge on any atom is -0.447 e. The van der Waals surface area contributed by atoms with Crippen LogP contribution in [-0.4, -0.2) is 18.7 Å². The zero-order valence-corrected chi connectivity index (χ0v) is 10.1. The molecule has 0 aromatic rings. The highest BCUT2D eigenvalue weighted by molar-refractivity contribution is 5.67. The number of carbonyl (C=O) groups is 1. The van der Waals surface area contributed by atoms with Gasteiger partial charge in [-0.25, -0.2) is 4.79 Å². The summed E-state index contributed by atoms with van der Waals surface area (Å²) in [6, 6.07) is 0. The Morgan fingerprint density at radius 1 is 1.33 bits per heavy atom. The van der Waals surface area contributed by atoms with E-state index in [0.29, 0.717) is 5.92 Å². The maximum absolute atomic E-state index is 11.2. The average molecular weight is 213 g/mol. The molecule has 0 aromatic heterocycles. The zero-order valence-electron chi connectivity index (χ0n) is 10.1. The second-order valence-corrected chi connectivity index (χ2v) is 4.96. The Labute approximate surface area is 92.6 Å². The molecule has 0 atom stereocenters. The minimum atomic E-state index is -0.274. The van der Waals surface area contributed by atoms with Crippen molar-refractivity contribution in [2.24, 2.45) is 11.8 Å². The van der Waals surface area contributed by atoms with Gasteiger partial charge in [0.05, 0.1) is 6.10 Å². The highest BCUT2D eigenvalue weighted by atomic mass is 16.6. The SMILES string of the molecule is CC1CCC(CNC(=O)OC(C)C)CC1. The van der Waals surface area contributed by atoms with E-state index in [0.717, 1.165) is 12.5 Å². The van der Waals surface area contributed by atoms with Crippen molar-refractivity contribution in [1.82, 2.24) is 5.32 Å². The summed E-state index contributed by atoms with van der Waals surface area (Å²) in [4.78, 5) is 11.2. The molecule has 1 rings (SSSR count). The van der Waals surface area contributed by atoms with Gasteiger partial charge in [-0.2, -0.15) is 0 Å². The van der Waals surface area contributed by atoms with E-state index in [1.165, 1.54) is 25.7 Å². The van der Waals surface area contributed by atoms with Crippen LogP contribution in [0.15, 0.2) is 0 Å². The molecule has 1 aliphatic carbocycles. The lowest BCUT2D eigenvalue weighted by Gasteiger charge is -2.26. The van der Waals surface area contributed by atoms with Crippen LogP contribution in [0.3, 0.4) is 0 Å². The Bertz CT molecular complexity index is 196. The van der Waals surface area contributed by atoms with Crippen LogP contribution < -0.4 is 5.32 Å². The summed E-state index contributed by atoms with van der Waals surface area (Å²) >= 11 is 0. The van der Waals surface area contributed by atoms with Crippen LogP contribution >= 0.6 is 0 Å². The van der Waals surface area contributed by atoms with Gasteiger partial charge in [-0.1, -0.05) is 19.8 Å². The quantitative estimate of drug-likeness (QED) is 0.782. The fourth-order valence-electron chi connectivity index (χ4n) is 2.02. The lowest BCUT2D eigenvalue weighted by Crippen LogP contribution is -2.32. The summed E-state index contributed by atoms with van der Waals surface area (Å²) in [6.07, 6.45) is 4.77. The first-order valence-electron chi connectivity index (χ1n) is 6.02. The monoisotopic (exact) mass is 213 g/mol. The molecule has 3 heteroatoms. The molecule has 0 spiro atoms. The van der Waals surface area contributed by atoms with E-state index in [4.69, 9.17) is 4.74 Å². The lowest BCUT2D eigenvalue weighted by atomic mass is 9.83. The van der Waals surface area contributed by atoms with Gasteiger partial charge in [0.1, 0.15) is 0 Å². The van der Waals surface area contributed by atoms with Crippen molar-refractivity contribution in [1.29, 1.82) is 0 Å². The molecule has 0 saturated heterocycles. The molecule has 0 aromatic carbocycles. The predicted octanol–water partition coefficient (Wildman–Crippen LogP) is 2.95. The van der Waals surface area contributed by atoms with Gasteiger partial charge in [-0.05, 0) is 38.5 Å². The molecule has 15 heavy (non-hydrogen) atoms. The van der Waals surface area contributed by atoms with Crippen molar-refractivity contribution in [3.8, 4) is 0 Å². The summed E-state index contributed by atoms with van der Waals surface area (Å²) in [5, 5.41) is 2.84. The number of alkyl carbamates (subject to hydrolysis) is 1. The Kier molecular flexibility index (Phi) is 4.92. The number of hydrogen-bond acceptors (Lipinski definition) is 2. The first kappa shape index (κ1) is 12.3. The zero-order chi connectivity index (χ0) is 11.3. The second kappa shape index (κ2) is 5.99. The topological polar surface area (TPSA) is 38.3 Å². The van der Waals surface area contributed by atoms with Crippen LogP contribution in [0.4, 0.5) is 4.79 Å². The molecule has 3 nitrogen and oxygen atoms in total. The smallest absolute Gasteiger partial charge is 0.407 e. The van der Waals surface area contributed by atoms with Gasteiger partial charge in [0, 0.05) is 6.54 Å². The minimum absolute atomic E-state index is 0.0311. The summed E-state index contributed by atoms with van der Waals surface area (Å²) < 4.78 is 5.01. The number of amides is 1. The van der Waals surface area contributed by atoms with E-state index in [-0.39, 0.29) is 12.2 Å². The number of hydrogen-bond donors (Lipinski definition) is 1. The average Bonchev–Trinajstić information content (AvgIpc) is 2.16. The highest BCUT2D eigenvalue weighted by Gasteiger charge is 2.18. The van der Waals surface area contributed by atoms with E-state index in [1.807, 2.05) is 13.8 Å². The highest BCUT2D eigenvalue weighted by Crippen LogP contribution is 2.27.